The molecule has 2 heterocycles. The first-order valence-electron chi connectivity index (χ1n) is 10.2. The third-order valence-corrected chi connectivity index (χ3v) is 5.85. The number of aromatic nitrogens is 1. The third kappa shape index (κ3) is 3.71. The average molecular weight is 406 g/mol. The minimum absolute atomic E-state index is 0.159. The van der Waals surface area contributed by atoms with Gasteiger partial charge in [-0.1, -0.05) is 6.07 Å². The van der Waals surface area contributed by atoms with E-state index in [9.17, 15) is 9.59 Å². The van der Waals surface area contributed by atoms with Crippen molar-refractivity contribution in [2.75, 3.05) is 18.5 Å². The number of aryl methyl sites for hydroxylation is 3. The van der Waals surface area contributed by atoms with E-state index >= 15 is 0 Å². The normalized spacial score (nSPS) is 16.0. The monoisotopic (exact) mass is 406 g/mol. The fraction of sp³-hybridized carbons (Fsp3) is 0.333. The van der Waals surface area contributed by atoms with Gasteiger partial charge in [0.25, 0.3) is 5.91 Å². The Morgan fingerprint density at radius 2 is 1.97 bits per heavy atom. The molecule has 0 aliphatic carbocycles. The van der Waals surface area contributed by atoms with Crippen LogP contribution >= 0.6 is 0 Å². The van der Waals surface area contributed by atoms with Gasteiger partial charge < -0.3 is 19.4 Å². The number of ether oxygens (including phenoxy) is 2. The lowest BCUT2D eigenvalue weighted by atomic mass is 10.1. The summed E-state index contributed by atoms with van der Waals surface area (Å²) in [6.45, 7) is 5.22. The van der Waals surface area contributed by atoms with Crippen LogP contribution < -0.4 is 10.1 Å². The molecule has 0 saturated carbocycles. The fourth-order valence-electron chi connectivity index (χ4n) is 4.11. The maximum Gasteiger partial charge on any atom is 0.255 e. The molecular formula is C24H26N2O4. The van der Waals surface area contributed by atoms with Gasteiger partial charge in [0, 0.05) is 30.3 Å². The topological polar surface area (TPSA) is 69.6 Å². The summed E-state index contributed by atoms with van der Waals surface area (Å²) in [5.41, 5.74) is 4.75. The van der Waals surface area contributed by atoms with Crippen LogP contribution in [0.5, 0.6) is 5.75 Å². The van der Waals surface area contributed by atoms with Crippen LogP contribution in [-0.2, 0) is 11.8 Å². The molecule has 0 radical (unpaired) electrons. The molecule has 1 atom stereocenters. The van der Waals surface area contributed by atoms with Crippen molar-refractivity contribution in [2.45, 2.75) is 32.8 Å². The summed E-state index contributed by atoms with van der Waals surface area (Å²) >= 11 is 0. The summed E-state index contributed by atoms with van der Waals surface area (Å²) in [5.74, 6) is 0.532. The SMILES string of the molecule is Cc1c(C=O)n(C)c2c(C)c(NC(=O)c3ccc(OC[C@@H]4CCCO4)cc3)ccc12. The Balaban J connectivity index is 1.49. The fourth-order valence-corrected chi connectivity index (χ4v) is 4.11. The number of anilines is 1. The van der Waals surface area contributed by atoms with Crippen LogP contribution in [0.2, 0.25) is 0 Å². The molecule has 2 aromatic carbocycles. The van der Waals surface area contributed by atoms with E-state index < -0.39 is 0 Å². The van der Waals surface area contributed by atoms with E-state index in [2.05, 4.69) is 5.32 Å². The predicted octanol–water partition coefficient (Wildman–Crippen LogP) is 4.42. The van der Waals surface area contributed by atoms with Crippen LogP contribution in [0.25, 0.3) is 10.9 Å². The highest BCUT2D eigenvalue weighted by Crippen LogP contribution is 2.31. The maximum absolute atomic E-state index is 12.8. The molecular weight excluding hydrogens is 380 g/mol. The molecule has 1 aliphatic heterocycles. The lowest BCUT2D eigenvalue weighted by Gasteiger charge is -2.13. The number of hydrogen-bond acceptors (Lipinski definition) is 4. The number of hydrogen-bond donors (Lipinski definition) is 1. The summed E-state index contributed by atoms with van der Waals surface area (Å²) < 4.78 is 13.2. The van der Waals surface area contributed by atoms with Gasteiger partial charge in [-0.3, -0.25) is 9.59 Å². The summed E-state index contributed by atoms with van der Waals surface area (Å²) in [5, 5.41) is 4.00. The Kier molecular flexibility index (Phi) is 5.59. The number of aldehydes is 1. The van der Waals surface area contributed by atoms with Crippen LogP contribution in [0.3, 0.4) is 0 Å². The van der Waals surface area contributed by atoms with Crippen molar-refractivity contribution >= 4 is 28.8 Å². The minimum atomic E-state index is -0.190. The average Bonchev–Trinajstić information content (AvgIpc) is 3.35. The van der Waals surface area contributed by atoms with Gasteiger partial charge in [0.1, 0.15) is 12.4 Å². The Morgan fingerprint density at radius 1 is 1.20 bits per heavy atom. The van der Waals surface area contributed by atoms with E-state index in [0.717, 1.165) is 59.2 Å². The summed E-state index contributed by atoms with van der Waals surface area (Å²) in [6.07, 6.45) is 3.14. The second-order valence-corrected chi connectivity index (χ2v) is 7.75. The zero-order valence-electron chi connectivity index (χ0n) is 17.5. The molecule has 30 heavy (non-hydrogen) atoms. The maximum atomic E-state index is 12.8. The van der Waals surface area contributed by atoms with Crippen LogP contribution in [0, 0.1) is 13.8 Å². The Hall–Kier alpha value is -3.12. The first-order chi connectivity index (χ1) is 14.5. The molecule has 3 aromatic rings. The Morgan fingerprint density at radius 3 is 2.63 bits per heavy atom. The van der Waals surface area contributed by atoms with Gasteiger partial charge in [0.05, 0.1) is 17.3 Å². The Labute approximate surface area is 175 Å². The molecule has 1 fully saturated rings. The molecule has 1 amide bonds. The van der Waals surface area contributed by atoms with Crippen molar-refractivity contribution in [1.82, 2.24) is 4.57 Å². The second kappa shape index (κ2) is 8.32. The van der Waals surface area contributed by atoms with Crippen molar-refractivity contribution < 1.29 is 19.1 Å². The third-order valence-electron chi connectivity index (χ3n) is 5.85. The van der Waals surface area contributed by atoms with Crippen LogP contribution in [-0.4, -0.2) is 36.1 Å². The highest BCUT2D eigenvalue weighted by Gasteiger charge is 2.17. The van der Waals surface area contributed by atoms with Crippen molar-refractivity contribution in [3.05, 3.63) is 58.8 Å². The molecule has 0 spiro atoms. The number of rotatable bonds is 6. The van der Waals surface area contributed by atoms with E-state index in [0.29, 0.717) is 17.9 Å². The van der Waals surface area contributed by atoms with Crippen LogP contribution in [0.1, 0.15) is 44.8 Å². The zero-order valence-corrected chi connectivity index (χ0v) is 17.5. The van der Waals surface area contributed by atoms with Gasteiger partial charge in [0.15, 0.2) is 6.29 Å². The number of benzene rings is 2. The molecule has 1 saturated heterocycles. The predicted molar refractivity (Wildman–Crippen MR) is 117 cm³/mol. The zero-order chi connectivity index (χ0) is 21.3. The molecule has 1 N–H and O–H groups in total. The molecule has 0 bridgehead atoms. The number of carbonyl (C=O) groups excluding carboxylic acids is 2. The molecule has 1 aromatic heterocycles. The number of nitrogens with zero attached hydrogens (tertiary/aromatic N) is 1. The largest absolute Gasteiger partial charge is 0.491 e. The Bertz CT molecular complexity index is 1090. The van der Waals surface area contributed by atoms with Gasteiger partial charge in [-0.05, 0) is 68.1 Å². The summed E-state index contributed by atoms with van der Waals surface area (Å²) in [6, 6.07) is 10.9. The molecule has 4 rings (SSSR count). The highest BCUT2D eigenvalue weighted by atomic mass is 16.5. The summed E-state index contributed by atoms with van der Waals surface area (Å²) in [4.78, 5) is 24.2. The molecule has 0 unspecified atom stereocenters. The first kappa shape index (κ1) is 20.2. The molecule has 1 aliphatic rings. The number of amides is 1. The number of nitrogens with one attached hydrogen (secondary N) is 1. The lowest BCUT2D eigenvalue weighted by Crippen LogP contribution is -2.16. The van der Waals surface area contributed by atoms with E-state index in [4.69, 9.17) is 9.47 Å². The number of carbonyl (C=O) groups is 2. The summed E-state index contributed by atoms with van der Waals surface area (Å²) in [7, 11) is 1.87. The van der Waals surface area contributed by atoms with E-state index in [-0.39, 0.29) is 12.0 Å². The first-order valence-corrected chi connectivity index (χ1v) is 10.2. The van der Waals surface area contributed by atoms with Crippen molar-refractivity contribution in [3.8, 4) is 5.75 Å². The van der Waals surface area contributed by atoms with Crippen molar-refractivity contribution in [2.24, 2.45) is 7.05 Å². The molecule has 6 heteroatoms. The van der Waals surface area contributed by atoms with Crippen molar-refractivity contribution in [3.63, 3.8) is 0 Å². The second-order valence-electron chi connectivity index (χ2n) is 7.75. The van der Waals surface area contributed by atoms with Gasteiger partial charge in [-0.15, -0.1) is 0 Å². The van der Waals surface area contributed by atoms with Gasteiger partial charge >= 0.3 is 0 Å². The quantitative estimate of drug-likeness (QED) is 0.616. The van der Waals surface area contributed by atoms with E-state index in [1.807, 2.05) is 37.6 Å². The van der Waals surface area contributed by atoms with Gasteiger partial charge in [-0.2, -0.15) is 0 Å². The van der Waals surface area contributed by atoms with Crippen LogP contribution in [0.4, 0.5) is 5.69 Å². The van der Waals surface area contributed by atoms with E-state index in [1.54, 1.807) is 24.3 Å². The van der Waals surface area contributed by atoms with Crippen molar-refractivity contribution in [1.29, 1.82) is 0 Å². The van der Waals surface area contributed by atoms with Gasteiger partial charge in [0.2, 0.25) is 0 Å². The molecule has 6 nitrogen and oxygen atoms in total. The van der Waals surface area contributed by atoms with Gasteiger partial charge in [-0.25, -0.2) is 0 Å². The minimum Gasteiger partial charge on any atom is -0.491 e. The lowest BCUT2D eigenvalue weighted by molar-refractivity contribution is 0.0679. The smallest absolute Gasteiger partial charge is 0.255 e. The van der Waals surface area contributed by atoms with Crippen LogP contribution in [0.15, 0.2) is 36.4 Å². The molecule has 156 valence electrons. The standard InChI is InChI=1S/C24H26N2O4/c1-15-20-10-11-21(16(2)23(20)26(3)22(15)13-27)25-24(28)17-6-8-18(9-7-17)30-14-19-5-4-12-29-19/h6-11,13,19H,4-5,12,14H2,1-3H3,(H,25,28)/t19-/m0/s1. The highest BCUT2D eigenvalue weighted by molar-refractivity contribution is 6.06. The van der Waals surface area contributed by atoms with E-state index in [1.165, 1.54) is 0 Å². The number of fused-ring (bicyclic) bond motifs is 1.